The minimum Gasteiger partial charge on any atom is -0.481 e. The van der Waals surface area contributed by atoms with E-state index in [4.69, 9.17) is 4.74 Å². The predicted molar refractivity (Wildman–Crippen MR) is 87.2 cm³/mol. The Morgan fingerprint density at radius 3 is 2.79 bits per heavy atom. The van der Waals surface area contributed by atoms with Crippen LogP contribution in [0.4, 0.5) is 0 Å². The van der Waals surface area contributed by atoms with Crippen LogP contribution >= 0.6 is 24.0 Å². The molecule has 2 N–H and O–H groups in total. The number of nitrogens with zero attached hydrogens (tertiary/aromatic N) is 2. The first kappa shape index (κ1) is 16.0. The van der Waals surface area contributed by atoms with Gasteiger partial charge in [0.2, 0.25) is 5.88 Å². The molecule has 0 unspecified atom stereocenters. The Bertz CT molecular complexity index is 404. The van der Waals surface area contributed by atoms with Gasteiger partial charge in [-0.05, 0) is 25.3 Å². The fourth-order valence-corrected chi connectivity index (χ4v) is 1.54. The Balaban J connectivity index is 0.00000180. The molecule has 2 rings (SSSR count). The maximum atomic E-state index is 5.02. The van der Waals surface area contributed by atoms with Crippen molar-refractivity contribution in [3.05, 3.63) is 23.9 Å². The number of nitrogens with one attached hydrogen (secondary N) is 2. The quantitative estimate of drug-likeness (QED) is 0.469. The first-order valence-electron chi connectivity index (χ1n) is 6.35. The van der Waals surface area contributed by atoms with Crippen molar-refractivity contribution in [2.75, 3.05) is 13.7 Å². The third-order valence-electron chi connectivity index (χ3n) is 2.69. The highest BCUT2D eigenvalue weighted by Crippen LogP contribution is 2.18. The molecule has 5 nitrogen and oxygen atoms in total. The molecule has 0 amide bonds. The van der Waals surface area contributed by atoms with Crippen molar-refractivity contribution in [2.24, 2.45) is 4.99 Å². The predicted octanol–water partition coefficient (Wildman–Crippen LogP) is 1.93. The first-order valence-corrected chi connectivity index (χ1v) is 6.35. The zero-order chi connectivity index (χ0) is 12.8. The lowest BCUT2D eigenvalue weighted by atomic mass is 10.3. The highest BCUT2D eigenvalue weighted by Gasteiger charge is 2.21. The maximum Gasteiger partial charge on any atom is 0.212 e. The van der Waals surface area contributed by atoms with Gasteiger partial charge in [-0.2, -0.15) is 0 Å². The van der Waals surface area contributed by atoms with E-state index in [0.717, 1.165) is 18.1 Å². The molecule has 0 atom stereocenters. The molecule has 6 heteroatoms. The van der Waals surface area contributed by atoms with Crippen molar-refractivity contribution < 1.29 is 4.74 Å². The van der Waals surface area contributed by atoms with Crippen molar-refractivity contribution >= 4 is 29.9 Å². The smallest absolute Gasteiger partial charge is 0.212 e. The summed E-state index contributed by atoms with van der Waals surface area (Å²) in [4.78, 5) is 8.70. The topological polar surface area (TPSA) is 58.5 Å². The van der Waals surface area contributed by atoms with E-state index in [1.165, 1.54) is 12.8 Å². The molecule has 0 aliphatic heterocycles. The summed E-state index contributed by atoms with van der Waals surface area (Å²) in [5, 5.41) is 6.62. The molecule has 1 heterocycles. The average Bonchev–Trinajstić information content (AvgIpc) is 3.21. The second-order valence-corrected chi connectivity index (χ2v) is 4.32. The first-order chi connectivity index (χ1) is 8.81. The van der Waals surface area contributed by atoms with Gasteiger partial charge in [0.25, 0.3) is 0 Å². The number of hydrogen-bond donors (Lipinski definition) is 2. The van der Waals surface area contributed by atoms with Gasteiger partial charge in [-0.15, -0.1) is 24.0 Å². The van der Waals surface area contributed by atoms with E-state index in [-0.39, 0.29) is 24.0 Å². The highest BCUT2D eigenvalue weighted by atomic mass is 127. The number of methoxy groups -OCH3 is 1. The Morgan fingerprint density at radius 2 is 2.26 bits per heavy atom. The van der Waals surface area contributed by atoms with Gasteiger partial charge in [0.05, 0.1) is 13.7 Å². The number of aliphatic imine (C=N–C) groups is 1. The summed E-state index contributed by atoms with van der Waals surface area (Å²) in [6.07, 6.45) is 4.28. The van der Waals surface area contributed by atoms with Gasteiger partial charge in [-0.25, -0.2) is 9.98 Å². The molecule has 19 heavy (non-hydrogen) atoms. The summed E-state index contributed by atoms with van der Waals surface area (Å²) in [6, 6.07) is 4.44. The van der Waals surface area contributed by atoms with Gasteiger partial charge < -0.3 is 15.4 Å². The van der Waals surface area contributed by atoms with E-state index >= 15 is 0 Å². The Morgan fingerprint density at radius 1 is 1.47 bits per heavy atom. The van der Waals surface area contributed by atoms with Gasteiger partial charge in [-0.3, -0.25) is 0 Å². The molecule has 1 saturated carbocycles. The van der Waals surface area contributed by atoms with Crippen LogP contribution in [0.2, 0.25) is 0 Å². The second kappa shape index (κ2) is 8.19. The van der Waals surface area contributed by atoms with Crippen LogP contribution < -0.4 is 15.4 Å². The third kappa shape index (κ3) is 5.63. The van der Waals surface area contributed by atoms with Crippen molar-refractivity contribution in [1.29, 1.82) is 0 Å². The van der Waals surface area contributed by atoms with Gasteiger partial charge >= 0.3 is 0 Å². The summed E-state index contributed by atoms with van der Waals surface area (Å²) < 4.78 is 5.02. The molecule has 0 radical (unpaired) electrons. The Labute approximate surface area is 131 Å². The van der Waals surface area contributed by atoms with Crippen LogP contribution in [-0.2, 0) is 6.54 Å². The molecule has 1 aromatic heterocycles. The van der Waals surface area contributed by atoms with E-state index in [1.807, 2.05) is 12.1 Å². The lowest BCUT2D eigenvalue weighted by Gasteiger charge is -2.10. The van der Waals surface area contributed by atoms with Crippen LogP contribution in [0, 0.1) is 0 Å². The van der Waals surface area contributed by atoms with Crippen molar-refractivity contribution in [3.8, 4) is 5.88 Å². The molecular weight excluding hydrogens is 355 g/mol. The Hall–Kier alpha value is -1.05. The molecule has 1 fully saturated rings. The van der Waals surface area contributed by atoms with Crippen molar-refractivity contribution in [1.82, 2.24) is 15.6 Å². The van der Waals surface area contributed by atoms with E-state index in [1.54, 1.807) is 13.3 Å². The van der Waals surface area contributed by atoms with Crippen LogP contribution in [0.3, 0.4) is 0 Å². The van der Waals surface area contributed by atoms with E-state index in [0.29, 0.717) is 18.5 Å². The van der Waals surface area contributed by atoms with Crippen LogP contribution in [0.5, 0.6) is 5.88 Å². The summed E-state index contributed by atoms with van der Waals surface area (Å²) >= 11 is 0. The van der Waals surface area contributed by atoms with E-state index in [2.05, 4.69) is 27.5 Å². The van der Waals surface area contributed by atoms with Crippen LogP contribution in [0.25, 0.3) is 0 Å². The van der Waals surface area contributed by atoms with Crippen molar-refractivity contribution in [2.45, 2.75) is 32.4 Å². The standard InChI is InChI=1S/C13H20N4O.HI/c1-3-14-13(17-11-5-6-11)16-9-10-4-7-12(18-2)15-8-10;/h4,7-8,11H,3,5-6,9H2,1-2H3,(H2,14,16,17);1H. The van der Waals surface area contributed by atoms with Gasteiger partial charge in [-0.1, -0.05) is 6.07 Å². The van der Waals surface area contributed by atoms with E-state index in [9.17, 15) is 0 Å². The number of hydrogen-bond acceptors (Lipinski definition) is 3. The molecule has 0 aromatic carbocycles. The SMILES string of the molecule is CCNC(=NCc1ccc(OC)nc1)NC1CC1.I. The number of guanidine groups is 1. The normalized spacial score (nSPS) is 14.5. The molecular formula is C13H21IN4O. The molecule has 0 spiro atoms. The number of aromatic nitrogens is 1. The van der Waals surface area contributed by atoms with Gasteiger partial charge in [0.1, 0.15) is 0 Å². The van der Waals surface area contributed by atoms with Gasteiger partial charge in [0.15, 0.2) is 5.96 Å². The third-order valence-corrected chi connectivity index (χ3v) is 2.69. The van der Waals surface area contributed by atoms with Crippen LogP contribution in [-0.4, -0.2) is 30.6 Å². The minimum atomic E-state index is 0. The summed E-state index contributed by atoms with van der Waals surface area (Å²) in [5.41, 5.74) is 1.07. The molecule has 106 valence electrons. The minimum absolute atomic E-state index is 0. The number of pyridine rings is 1. The fourth-order valence-electron chi connectivity index (χ4n) is 1.54. The van der Waals surface area contributed by atoms with Crippen LogP contribution in [0.15, 0.2) is 23.3 Å². The Kier molecular flexibility index (Phi) is 6.90. The lowest BCUT2D eigenvalue weighted by Crippen LogP contribution is -2.38. The second-order valence-electron chi connectivity index (χ2n) is 4.32. The van der Waals surface area contributed by atoms with Gasteiger partial charge in [0, 0.05) is 24.8 Å². The largest absolute Gasteiger partial charge is 0.481 e. The molecule has 1 aromatic rings. The summed E-state index contributed by atoms with van der Waals surface area (Å²) in [5.74, 6) is 1.52. The molecule has 1 aliphatic rings. The molecule has 0 bridgehead atoms. The number of rotatable bonds is 5. The zero-order valence-corrected chi connectivity index (χ0v) is 13.7. The van der Waals surface area contributed by atoms with Crippen LogP contribution in [0.1, 0.15) is 25.3 Å². The summed E-state index contributed by atoms with van der Waals surface area (Å²) in [6.45, 7) is 3.57. The summed E-state index contributed by atoms with van der Waals surface area (Å²) in [7, 11) is 1.61. The lowest BCUT2D eigenvalue weighted by molar-refractivity contribution is 0.397. The number of halogens is 1. The zero-order valence-electron chi connectivity index (χ0n) is 11.3. The van der Waals surface area contributed by atoms with Crippen molar-refractivity contribution in [3.63, 3.8) is 0 Å². The molecule has 1 aliphatic carbocycles. The average molecular weight is 376 g/mol. The highest BCUT2D eigenvalue weighted by molar-refractivity contribution is 14.0. The molecule has 0 saturated heterocycles. The number of ether oxygens (including phenoxy) is 1. The fraction of sp³-hybridized carbons (Fsp3) is 0.538. The maximum absolute atomic E-state index is 5.02. The van der Waals surface area contributed by atoms with E-state index < -0.39 is 0 Å². The monoisotopic (exact) mass is 376 g/mol.